The van der Waals surface area contributed by atoms with Crippen LogP contribution in [-0.2, 0) is 9.59 Å². The largest absolute Gasteiger partial charge is 0.497 e. The molecule has 0 saturated carbocycles. The van der Waals surface area contributed by atoms with Crippen molar-refractivity contribution in [3.05, 3.63) is 53.6 Å². The summed E-state index contributed by atoms with van der Waals surface area (Å²) in [6, 6.07) is 12.8. The van der Waals surface area contributed by atoms with Crippen LogP contribution in [0.25, 0.3) is 0 Å². The number of ether oxygens (including phenoxy) is 2. The molecule has 0 aliphatic heterocycles. The van der Waals surface area contributed by atoms with Gasteiger partial charge in [0.15, 0.2) is 0 Å². The minimum atomic E-state index is -0.341. The van der Waals surface area contributed by atoms with Crippen LogP contribution in [0.15, 0.2) is 47.6 Å². The van der Waals surface area contributed by atoms with Crippen LogP contribution in [0.4, 0.5) is 5.69 Å². The first-order valence-corrected chi connectivity index (χ1v) is 8.85. The van der Waals surface area contributed by atoms with Gasteiger partial charge in [-0.3, -0.25) is 9.59 Å². The van der Waals surface area contributed by atoms with Gasteiger partial charge in [0, 0.05) is 30.2 Å². The average Bonchev–Trinajstić information content (AvgIpc) is 2.71. The molecular weight excluding hydrogens is 358 g/mol. The topological polar surface area (TPSA) is 89.0 Å². The summed E-state index contributed by atoms with van der Waals surface area (Å²) in [7, 11) is 3.13. The third-order valence-electron chi connectivity index (χ3n) is 4.15. The summed E-state index contributed by atoms with van der Waals surface area (Å²) in [4.78, 5) is 24.0. The standard InChI is InChI=1S/C21H25N3O4/c1-14-7-5-6-8-18(14)22-20(25)11-12-21(26)24-23-15(2)17-10-9-16(27-3)13-19(17)28-4/h5-10,13H,11-12H2,1-4H3,(H,22,25)(H,24,26)/b23-15-. The van der Waals surface area contributed by atoms with E-state index in [9.17, 15) is 9.59 Å². The lowest BCUT2D eigenvalue weighted by Gasteiger charge is -2.10. The van der Waals surface area contributed by atoms with Gasteiger partial charge in [-0.25, -0.2) is 5.43 Å². The van der Waals surface area contributed by atoms with Gasteiger partial charge in [0.05, 0.1) is 19.9 Å². The van der Waals surface area contributed by atoms with Crippen LogP contribution in [0.5, 0.6) is 11.5 Å². The second kappa shape index (κ2) is 10.1. The predicted octanol–water partition coefficient (Wildman–Crippen LogP) is 3.27. The van der Waals surface area contributed by atoms with Crippen LogP contribution < -0.4 is 20.2 Å². The number of aryl methyl sites for hydroxylation is 1. The highest BCUT2D eigenvalue weighted by atomic mass is 16.5. The number of amides is 2. The molecule has 148 valence electrons. The monoisotopic (exact) mass is 383 g/mol. The Hall–Kier alpha value is -3.35. The summed E-state index contributed by atoms with van der Waals surface area (Å²) in [5, 5.41) is 6.90. The predicted molar refractivity (Wildman–Crippen MR) is 109 cm³/mol. The molecule has 0 unspecified atom stereocenters. The number of carbonyl (C=O) groups is 2. The zero-order valence-corrected chi connectivity index (χ0v) is 16.5. The van der Waals surface area contributed by atoms with Gasteiger partial charge in [0.1, 0.15) is 11.5 Å². The van der Waals surface area contributed by atoms with E-state index in [-0.39, 0.29) is 24.7 Å². The molecule has 7 heteroatoms. The summed E-state index contributed by atoms with van der Waals surface area (Å²) in [5.41, 5.74) is 5.50. The molecule has 0 aromatic heterocycles. The van der Waals surface area contributed by atoms with E-state index in [1.54, 1.807) is 39.3 Å². The zero-order chi connectivity index (χ0) is 20.5. The first-order chi connectivity index (χ1) is 13.4. The van der Waals surface area contributed by atoms with Crippen LogP contribution >= 0.6 is 0 Å². The number of nitrogens with one attached hydrogen (secondary N) is 2. The molecule has 0 fully saturated rings. The zero-order valence-electron chi connectivity index (χ0n) is 16.5. The molecule has 2 N–H and O–H groups in total. The fraction of sp³-hybridized carbons (Fsp3) is 0.286. The van der Waals surface area contributed by atoms with Gasteiger partial charge in [0.25, 0.3) is 0 Å². The molecule has 0 spiro atoms. The van der Waals surface area contributed by atoms with Gasteiger partial charge < -0.3 is 14.8 Å². The number of nitrogens with zero attached hydrogens (tertiary/aromatic N) is 1. The second-order valence-corrected chi connectivity index (χ2v) is 6.16. The average molecular weight is 383 g/mol. The van der Waals surface area contributed by atoms with Crippen LogP contribution in [0.1, 0.15) is 30.9 Å². The van der Waals surface area contributed by atoms with Crippen molar-refractivity contribution in [3.63, 3.8) is 0 Å². The van der Waals surface area contributed by atoms with Crippen LogP contribution in [-0.4, -0.2) is 31.7 Å². The fourth-order valence-corrected chi connectivity index (χ4v) is 2.51. The van der Waals surface area contributed by atoms with Crippen LogP contribution in [0.2, 0.25) is 0 Å². The lowest BCUT2D eigenvalue weighted by molar-refractivity contribution is -0.124. The molecule has 2 aromatic carbocycles. The summed E-state index contributed by atoms with van der Waals surface area (Å²) < 4.78 is 10.5. The SMILES string of the molecule is COc1ccc(/C(C)=N\NC(=O)CCC(=O)Nc2ccccc2C)c(OC)c1. The molecule has 0 aliphatic rings. The van der Waals surface area contributed by atoms with Crippen LogP contribution in [0, 0.1) is 6.92 Å². The highest BCUT2D eigenvalue weighted by molar-refractivity contribution is 6.02. The van der Waals surface area contributed by atoms with Gasteiger partial charge in [-0.1, -0.05) is 18.2 Å². The highest BCUT2D eigenvalue weighted by Crippen LogP contribution is 2.25. The Morgan fingerprint density at radius 2 is 1.71 bits per heavy atom. The van der Waals surface area contributed by atoms with Crippen molar-refractivity contribution < 1.29 is 19.1 Å². The number of anilines is 1. The fourth-order valence-electron chi connectivity index (χ4n) is 2.51. The molecule has 0 atom stereocenters. The number of hydrogen-bond donors (Lipinski definition) is 2. The number of hydrazone groups is 1. The Balaban J connectivity index is 1.89. The lowest BCUT2D eigenvalue weighted by atomic mass is 10.1. The molecule has 0 heterocycles. The van der Waals surface area contributed by atoms with E-state index in [1.165, 1.54) is 0 Å². The van der Waals surface area contributed by atoms with E-state index in [1.807, 2.05) is 31.2 Å². The Labute approximate surface area is 164 Å². The van der Waals surface area contributed by atoms with Gasteiger partial charge in [0.2, 0.25) is 11.8 Å². The minimum absolute atomic E-state index is 0.0360. The highest BCUT2D eigenvalue weighted by Gasteiger charge is 2.10. The maximum atomic E-state index is 12.0. The van der Waals surface area contributed by atoms with Crippen molar-refractivity contribution in [2.24, 2.45) is 5.10 Å². The minimum Gasteiger partial charge on any atom is -0.497 e. The molecule has 2 rings (SSSR count). The molecule has 2 aromatic rings. The summed E-state index contributed by atoms with van der Waals surface area (Å²) in [5.74, 6) is 0.693. The lowest BCUT2D eigenvalue weighted by Crippen LogP contribution is -2.22. The number of benzene rings is 2. The molecular formula is C21H25N3O4. The molecule has 0 saturated heterocycles. The Morgan fingerprint density at radius 3 is 2.39 bits per heavy atom. The van der Waals surface area contributed by atoms with Crippen molar-refractivity contribution in [1.29, 1.82) is 0 Å². The summed E-state index contributed by atoms with van der Waals surface area (Å²) >= 11 is 0. The molecule has 0 bridgehead atoms. The second-order valence-electron chi connectivity index (χ2n) is 6.16. The van der Waals surface area contributed by atoms with Crippen LogP contribution in [0.3, 0.4) is 0 Å². The Kier molecular flexibility index (Phi) is 7.56. The number of methoxy groups -OCH3 is 2. The maximum absolute atomic E-state index is 12.0. The molecule has 7 nitrogen and oxygen atoms in total. The van der Waals surface area contributed by atoms with E-state index < -0.39 is 0 Å². The maximum Gasteiger partial charge on any atom is 0.240 e. The van der Waals surface area contributed by atoms with Gasteiger partial charge in [-0.05, 0) is 37.6 Å². The first kappa shape index (κ1) is 21.0. The van der Waals surface area contributed by atoms with Crippen molar-refractivity contribution in [2.75, 3.05) is 19.5 Å². The van der Waals surface area contributed by atoms with E-state index in [4.69, 9.17) is 9.47 Å². The number of rotatable bonds is 8. The van der Waals surface area contributed by atoms with Crippen molar-refractivity contribution in [3.8, 4) is 11.5 Å². The third-order valence-corrected chi connectivity index (χ3v) is 4.15. The summed E-state index contributed by atoms with van der Waals surface area (Å²) in [6.07, 6.45) is 0.106. The van der Waals surface area contributed by atoms with E-state index in [2.05, 4.69) is 15.8 Å². The quantitative estimate of drug-likeness (QED) is 0.541. The smallest absolute Gasteiger partial charge is 0.240 e. The van der Waals surface area contributed by atoms with Crippen molar-refractivity contribution in [2.45, 2.75) is 26.7 Å². The molecule has 28 heavy (non-hydrogen) atoms. The molecule has 0 aliphatic carbocycles. The third kappa shape index (κ3) is 5.84. The van der Waals surface area contributed by atoms with Crippen molar-refractivity contribution in [1.82, 2.24) is 5.43 Å². The molecule has 2 amide bonds. The van der Waals surface area contributed by atoms with E-state index >= 15 is 0 Å². The van der Waals surface area contributed by atoms with Gasteiger partial charge in [-0.2, -0.15) is 5.10 Å². The van der Waals surface area contributed by atoms with Gasteiger partial charge in [-0.15, -0.1) is 0 Å². The Morgan fingerprint density at radius 1 is 1.00 bits per heavy atom. The van der Waals surface area contributed by atoms with Gasteiger partial charge >= 0.3 is 0 Å². The number of carbonyl (C=O) groups excluding carboxylic acids is 2. The first-order valence-electron chi connectivity index (χ1n) is 8.85. The number of para-hydroxylation sites is 1. The molecule has 0 radical (unpaired) electrons. The van der Waals surface area contributed by atoms with Crippen molar-refractivity contribution >= 4 is 23.2 Å². The summed E-state index contributed by atoms with van der Waals surface area (Å²) in [6.45, 7) is 3.67. The Bertz CT molecular complexity index is 878. The number of hydrogen-bond acceptors (Lipinski definition) is 5. The van der Waals surface area contributed by atoms with E-state index in [0.29, 0.717) is 17.2 Å². The normalized spacial score (nSPS) is 10.9. The van der Waals surface area contributed by atoms with E-state index in [0.717, 1.165) is 16.8 Å².